The highest BCUT2D eigenvalue weighted by atomic mass is 16.8. The molecule has 0 radical (unpaired) electrons. The summed E-state index contributed by atoms with van der Waals surface area (Å²) in [5, 5.41) is 3.92. The largest absolute Gasteiger partial charge is 0.454 e. The molecule has 204 valence electrons. The summed E-state index contributed by atoms with van der Waals surface area (Å²) in [5.41, 5.74) is 2.34. The van der Waals surface area contributed by atoms with Gasteiger partial charge in [0.15, 0.2) is 11.5 Å². The Kier molecular flexibility index (Phi) is 5.81. The fraction of sp³-hybridized carbons (Fsp3) is 0.161. The molecule has 4 aromatic carbocycles. The molecule has 0 N–H and O–H groups in total. The molecule has 0 saturated heterocycles. The van der Waals surface area contributed by atoms with E-state index in [1.165, 1.54) is 0 Å². The zero-order chi connectivity index (χ0) is 28.1. The van der Waals surface area contributed by atoms with E-state index < -0.39 is 5.69 Å². The Labute approximate surface area is 232 Å². The lowest BCUT2D eigenvalue weighted by Gasteiger charge is -2.16. The molecular weight excluding hydrogens is 524 g/mol. The van der Waals surface area contributed by atoms with Gasteiger partial charge in [-0.3, -0.25) is 4.57 Å². The van der Waals surface area contributed by atoms with Gasteiger partial charge in [-0.05, 0) is 48.9 Å². The predicted molar refractivity (Wildman–Crippen MR) is 154 cm³/mol. The second-order valence-corrected chi connectivity index (χ2v) is 9.89. The Hall–Kier alpha value is -5.38. The molecule has 10 heteroatoms. The first-order valence-electron chi connectivity index (χ1n) is 13.1. The molecule has 2 aromatic heterocycles. The Balaban J connectivity index is 0.000000165. The first-order chi connectivity index (χ1) is 20.0. The highest BCUT2D eigenvalue weighted by Crippen LogP contribution is 2.39. The maximum absolute atomic E-state index is 12.8. The number of rotatable bonds is 2. The number of aromatic nitrogens is 4. The van der Waals surface area contributed by atoms with E-state index in [0.717, 1.165) is 37.4 Å². The van der Waals surface area contributed by atoms with E-state index in [0.29, 0.717) is 28.6 Å². The topological polar surface area (TPSA) is 107 Å². The summed E-state index contributed by atoms with van der Waals surface area (Å²) in [6.45, 7) is 4.15. The quantitative estimate of drug-likeness (QED) is 0.307. The van der Waals surface area contributed by atoms with Crippen LogP contribution in [0.1, 0.15) is 19.9 Å². The van der Waals surface area contributed by atoms with Crippen molar-refractivity contribution in [1.29, 1.82) is 0 Å². The van der Waals surface area contributed by atoms with Gasteiger partial charge in [0.2, 0.25) is 12.7 Å². The molecule has 9 rings (SSSR count). The molecular formula is C31H24N4O6. The van der Waals surface area contributed by atoms with Gasteiger partial charge in [-0.25, -0.2) is 9.59 Å². The first-order valence-corrected chi connectivity index (χ1v) is 13.1. The Morgan fingerprint density at radius 3 is 2.29 bits per heavy atom. The molecule has 5 heterocycles. The first kappa shape index (κ1) is 24.6. The zero-order valence-corrected chi connectivity index (χ0v) is 22.2. The number of para-hydroxylation sites is 1. The molecule has 6 aromatic rings. The van der Waals surface area contributed by atoms with Crippen molar-refractivity contribution in [2.45, 2.75) is 19.9 Å². The molecule has 0 atom stereocenters. The molecule has 10 nitrogen and oxygen atoms in total. The SMILES string of the molecule is CC(C)n1c(=O)nc(-c2ccc3ccccc3c2)c2cc3c(cc21)OCO3.O=c1nc2c3ccccc3n1OCO2. The summed E-state index contributed by atoms with van der Waals surface area (Å²) in [6, 6.07) is 25.4. The summed E-state index contributed by atoms with van der Waals surface area (Å²) in [6.07, 6.45) is 0. The maximum Gasteiger partial charge on any atom is 0.384 e. The van der Waals surface area contributed by atoms with Gasteiger partial charge >= 0.3 is 11.4 Å². The molecule has 3 aliphatic heterocycles. The van der Waals surface area contributed by atoms with Crippen LogP contribution in [0.15, 0.2) is 88.5 Å². The third-order valence-electron chi connectivity index (χ3n) is 7.06. The van der Waals surface area contributed by atoms with Gasteiger partial charge in [-0.2, -0.15) is 9.97 Å². The van der Waals surface area contributed by atoms with Crippen LogP contribution >= 0.6 is 0 Å². The third-order valence-corrected chi connectivity index (χ3v) is 7.06. The van der Waals surface area contributed by atoms with E-state index in [-0.39, 0.29) is 25.3 Å². The van der Waals surface area contributed by atoms with Crippen molar-refractivity contribution >= 4 is 32.6 Å². The van der Waals surface area contributed by atoms with E-state index in [9.17, 15) is 9.59 Å². The van der Waals surface area contributed by atoms with Crippen LogP contribution in [0, 0.1) is 0 Å². The molecule has 0 saturated carbocycles. The lowest BCUT2D eigenvalue weighted by molar-refractivity contribution is 0.0152. The van der Waals surface area contributed by atoms with Gasteiger partial charge in [0.25, 0.3) is 6.79 Å². The van der Waals surface area contributed by atoms with Crippen molar-refractivity contribution in [1.82, 2.24) is 19.3 Å². The van der Waals surface area contributed by atoms with Crippen molar-refractivity contribution in [3.63, 3.8) is 0 Å². The van der Waals surface area contributed by atoms with Gasteiger partial charge in [-0.15, -0.1) is 4.73 Å². The van der Waals surface area contributed by atoms with Crippen LogP contribution in [0.25, 0.3) is 43.8 Å². The summed E-state index contributed by atoms with van der Waals surface area (Å²) in [4.78, 5) is 37.4. The van der Waals surface area contributed by atoms with Crippen LogP contribution in [-0.2, 0) is 0 Å². The number of ether oxygens (including phenoxy) is 3. The zero-order valence-electron chi connectivity index (χ0n) is 22.2. The van der Waals surface area contributed by atoms with Crippen molar-refractivity contribution in [2.75, 3.05) is 13.6 Å². The molecule has 0 amide bonds. The standard InChI is InChI=1S/C22H18N2O3.C9H6N2O3/c1-13(2)24-18-11-20-19(26-12-27-20)10-17(18)21(23-22(24)25)16-8-7-14-5-3-4-6-15(14)9-16;12-9-10-8-6-3-1-2-4-7(6)11(9)14-5-13-8/h3-11,13H,12H2,1-2H3;1-4H,5H2. The highest BCUT2D eigenvalue weighted by Gasteiger charge is 2.21. The molecule has 0 aliphatic carbocycles. The summed E-state index contributed by atoms with van der Waals surface area (Å²) in [7, 11) is 0. The molecule has 41 heavy (non-hydrogen) atoms. The maximum atomic E-state index is 12.8. The minimum atomic E-state index is -0.448. The van der Waals surface area contributed by atoms with Gasteiger partial charge < -0.3 is 19.0 Å². The average Bonchev–Trinajstić information content (AvgIpc) is 3.26. The van der Waals surface area contributed by atoms with Crippen LogP contribution in [0.2, 0.25) is 0 Å². The Bertz CT molecular complexity index is 2100. The highest BCUT2D eigenvalue weighted by molar-refractivity contribution is 5.97. The van der Waals surface area contributed by atoms with Gasteiger partial charge in [0.05, 0.1) is 22.1 Å². The van der Waals surface area contributed by atoms with Crippen LogP contribution in [-0.4, -0.2) is 32.9 Å². The van der Waals surface area contributed by atoms with Crippen molar-refractivity contribution in [3.05, 3.63) is 99.8 Å². The normalized spacial score (nSPS) is 13.1. The monoisotopic (exact) mass is 548 g/mol. The number of hydrogen-bond donors (Lipinski definition) is 0. The smallest absolute Gasteiger partial charge is 0.384 e. The Morgan fingerprint density at radius 2 is 1.46 bits per heavy atom. The second-order valence-electron chi connectivity index (χ2n) is 9.89. The number of nitrogens with zero attached hydrogens (tertiary/aromatic N) is 4. The molecule has 2 bridgehead atoms. The van der Waals surface area contributed by atoms with E-state index in [1.54, 1.807) is 10.6 Å². The second kappa shape index (κ2) is 9.67. The fourth-order valence-electron chi connectivity index (χ4n) is 5.19. The van der Waals surface area contributed by atoms with Gasteiger partial charge in [0.1, 0.15) is 0 Å². The molecule has 0 unspecified atom stereocenters. The van der Waals surface area contributed by atoms with Crippen LogP contribution in [0.4, 0.5) is 0 Å². The van der Waals surface area contributed by atoms with Gasteiger partial charge in [0, 0.05) is 23.1 Å². The van der Waals surface area contributed by atoms with E-state index in [1.807, 2.05) is 62.4 Å². The van der Waals surface area contributed by atoms with Gasteiger partial charge in [-0.1, -0.05) is 48.5 Å². The predicted octanol–water partition coefficient (Wildman–Crippen LogP) is 4.70. The van der Waals surface area contributed by atoms with Crippen LogP contribution in [0.3, 0.4) is 0 Å². The summed E-state index contributed by atoms with van der Waals surface area (Å²) >= 11 is 0. The van der Waals surface area contributed by atoms with Crippen molar-refractivity contribution in [2.24, 2.45) is 0 Å². The molecule has 0 spiro atoms. The van der Waals surface area contributed by atoms with Crippen molar-refractivity contribution in [3.8, 4) is 28.6 Å². The minimum Gasteiger partial charge on any atom is -0.454 e. The van der Waals surface area contributed by atoms with Crippen molar-refractivity contribution < 1.29 is 19.0 Å². The lowest BCUT2D eigenvalue weighted by Crippen LogP contribution is -2.27. The lowest BCUT2D eigenvalue weighted by atomic mass is 10.0. The molecule has 3 aliphatic rings. The average molecular weight is 549 g/mol. The summed E-state index contributed by atoms with van der Waals surface area (Å²) < 4.78 is 19.1. The molecule has 0 fully saturated rings. The van der Waals surface area contributed by atoms with Crippen LogP contribution in [0.5, 0.6) is 17.4 Å². The Morgan fingerprint density at radius 1 is 0.707 bits per heavy atom. The number of fused-ring (bicyclic) bond motifs is 6. The number of benzene rings is 4. The summed E-state index contributed by atoms with van der Waals surface area (Å²) in [5.74, 6) is 1.67. The minimum absolute atomic E-state index is 0.0131. The third kappa shape index (κ3) is 4.20. The van der Waals surface area contributed by atoms with Crippen LogP contribution < -0.4 is 30.4 Å². The number of hydrogen-bond acceptors (Lipinski definition) is 8. The van der Waals surface area contributed by atoms with E-state index >= 15 is 0 Å². The fourth-order valence-corrected chi connectivity index (χ4v) is 5.19. The van der Waals surface area contributed by atoms with E-state index in [2.05, 4.69) is 34.2 Å². The van der Waals surface area contributed by atoms with E-state index in [4.69, 9.17) is 19.0 Å².